The van der Waals surface area contributed by atoms with Gasteiger partial charge in [0, 0.05) is 18.1 Å². The first kappa shape index (κ1) is 23.0. The van der Waals surface area contributed by atoms with Crippen molar-refractivity contribution >= 4 is 23.4 Å². The molecule has 0 spiro atoms. The van der Waals surface area contributed by atoms with Crippen LogP contribution in [0.15, 0.2) is 48.5 Å². The van der Waals surface area contributed by atoms with Crippen molar-refractivity contribution in [3.05, 3.63) is 70.2 Å². The molecule has 0 bridgehead atoms. The van der Waals surface area contributed by atoms with Crippen LogP contribution in [0.4, 0.5) is 0 Å². The Bertz CT molecular complexity index is 801. The van der Waals surface area contributed by atoms with Crippen LogP contribution in [-0.4, -0.2) is 29.3 Å². The van der Waals surface area contributed by atoms with Gasteiger partial charge in [0.1, 0.15) is 6.04 Å². The zero-order valence-corrected chi connectivity index (χ0v) is 18.5. The van der Waals surface area contributed by atoms with E-state index < -0.39 is 6.04 Å². The lowest BCUT2D eigenvalue weighted by Gasteiger charge is -2.31. The molecule has 0 aliphatic heterocycles. The first-order valence-corrected chi connectivity index (χ1v) is 10.5. The van der Waals surface area contributed by atoms with Crippen LogP contribution in [-0.2, 0) is 22.6 Å². The van der Waals surface area contributed by atoms with Crippen molar-refractivity contribution in [3.8, 4) is 0 Å². The second-order valence-corrected chi connectivity index (χ2v) is 8.31. The number of hydrogen-bond acceptors (Lipinski definition) is 2. The molecule has 0 heterocycles. The number of benzene rings is 2. The van der Waals surface area contributed by atoms with Gasteiger partial charge in [0.15, 0.2) is 0 Å². The lowest BCUT2D eigenvalue weighted by Crippen LogP contribution is -2.50. The average molecular weight is 415 g/mol. The van der Waals surface area contributed by atoms with E-state index in [1.54, 1.807) is 17.0 Å². The van der Waals surface area contributed by atoms with E-state index in [2.05, 4.69) is 19.2 Å². The van der Waals surface area contributed by atoms with E-state index in [0.29, 0.717) is 30.5 Å². The van der Waals surface area contributed by atoms with Gasteiger partial charge in [-0.15, -0.1) is 0 Å². The van der Waals surface area contributed by atoms with Gasteiger partial charge in [0.2, 0.25) is 11.8 Å². The van der Waals surface area contributed by atoms with Crippen LogP contribution >= 0.6 is 11.6 Å². The van der Waals surface area contributed by atoms with E-state index in [4.69, 9.17) is 11.6 Å². The standard InChI is InChI=1S/C24H31ClN2O2/c1-5-22(24(29)26-15-17(2)3)27(16-20-10-12-21(25)13-11-20)23(28)14-19-8-6-18(4)7-9-19/h6-13,17,22H,5,14-16H2,1-4H3,(H,26,29). The maximum absolute atomic E-state index is 13.2. The molecule has 1 N–H and O–H groups in total. The molecule has 0 saturated heterocycles. The summed E-state index contributed by atoms with van der Waals surface area (Å²) < 4.78 is 0. The Morgan fingerprint density at radius 1 is 1.00 bits per heavy atom. The molecule has 2 rings (SSSR count). The Morgan fingerprint density at radius 2 is 1.59 bits per heavy atom. The molecule has 0 fully saturated rings. The van der Waals surface area contributed by atoms with Crippen LogP contribution in [0.5, 0.6) is 0 Å². The van der Waals surface area contributed by atoms with Gasteiger partial charge < -0.3 is 10.2 Å². The Labute approximate surface area is 179 Å². The largest absolute Gasteiger partial charge is 0.354 e. The van der Waals surface area contributed by atoms with E-state index >= 15 is 0 Å². The number of aryl methyl sites for hydroxylation is 1. The number of carbonyl (C=O) groups excluding carboxylic acids is 2. The number of nitrogens with zero attached hydrogens (tertiary/aromatic N) is 1. The fraction of sp³-hybridized carbons (Fsp3) is 0.417. The minimum Gasteiger partial charge on any atom is -0.354 e. The summed E-state index contributed by atoms with van der Waals surface area (Å²) in [6.07, 6.45) is 0.818. The third-order valence-electron chi connectivity index (χ3n) is 4.81. The van der Waals surface area contributed by atoms with Crippen molar-refractivity contribution in [3.63, 3.8) is 0 Å². The summed E-state index contributed by atoms with van der Waals surface area (Å²) >= 11 is 6.00. The molecule has 2 aromatic carbocycles. The number of carbonyl (C=O) groups is 2. The molecule has 2 amide bonds. The molecule has 29 heavy (non-hydrogen) atoms. The SMILES string of the molecule is CCC(C(=O)NCC(C)C)N(Cc1ccc(Cl)cc1)C(=O)Cc1ccc(C)cc1. The van der Waals surface area contributed by atoms with Crippen molar-refractivity contribution < 1.29 is 9.59 Å². The molecule has 1 unspecified atom stereocenters. The summed E-state index contributed by atoms with van der Waals surface area (Å²) in [5.41, 5.74) is 3.04. The topological polar surface area (TPSA) is 49.4 Å². The van der Waals surface area contributed by atoms with Crippen molar-refractivity contribution in [1.82, 2.24) is 10.2 Å². The molecule has 4 nitrogen and oxygen atoms in total. The van der Waals surface area contributed by atoms with Crippen molar-refractivity contribution in [1.29, 1.82) is 0 Å². The minimum absolute atomic E-state index is 0.0599. The van der Waals surface area contributed by atoms with E-state index in [0.717, 1.165) is 16.7 Å². The zero-order chi connectivity index (χ0) is 21.4. The highest BCUT2D eigenvalue weighted by Crippen LogP contribution is 2.17. The van der Waals surface area contributed by atoms with Gasteiger partial charge in [-0.05, 0) is 42.5 Å². The number of nitrogens with one attached hydrogen (secondary N) is 1. The number of rotatable bonds is 9. The first-order chi connectivity index (χ1) is 13.8. The molecule has 156 valence electrons. The third kappa shape index (κ3) is 7.21. The van der Waals surface area contributed by atoms with Gasteiger partial charge in [0.25, 0.3) is 0 Å². The van der Waals surface area contributed by atoms with Gasteiger partial charge in [-0.1, -0.05) is 74.3 Å². The van der Waals surface area contributed by atoms with Crippen LogP contribution in [0, 0.1) is 12.8 Å². The second kappa shape index (κ2) is 11.0. The van der Waals surface area contributed by atoms with Gasteiger partial charge in [-0.2, -0.15) is 0 Å². The number of halogens is 1. The minimum atomic E-state index is -0.512. The molecular weight excluding hydrogens is 384 g/mol. The molecular formula is C24H31ClN2O2. The summed E-state index contributed by atoms with van der Waals surface area (Å²) in [5.74, 6) is 0.187. The van der Waals surface area contributed by atoms with Crippen LogP contribution < -0.4 is 5.32 Å². The van der Waals surface area contributed by atoms with Crippen LogP contribution in [0.2, 0.25) is 5.02 Å². The highest BCUT2D eigenvalue weighted by atomic mass is 35.5. The van der Waals surface area contributed by atoms with Gasteiger partial charge in [0.05, 0.1) is 6.42 Å². The zero-order valence-electron chi connectivity index (χ0n) is 17.7. The highest BCUT2D eigenvalue weighted by molar-refractivity contribution is 6.30. The lowest BCUT2D eigenvalue weighted by atomic mass is 10.1. The summed E-state index contributed by atoms with van der Waals surface area (Å²) in [7, 11) is 0. The first-order valence-electron chi connectivity index (χ1n) is 10.2. The third-order valence-corrected chi connectivity index (χ3v) is 5.06. The Kier molecular flexibility index (Phi) is 8.71. The maximum atomic E-state index is 13.2. The average Bonchev–Trinajstić information content (AvgIpc) is 2.69. The Morgan fingerprint density at radius 3 is 2.14 bits per heavy atom. The summed E-state index contributed by atoms with van der Waals surface area (Å²) in [5, 5.41) is 3.63. The number of hydrogen-bond donors (Lipinski definition) is 1. The van der Waals surface area contributed by atoms with Crippen LogP contribution in [0.1, 0.15) is 43.9 Å². The highest BCUT2D eigenvalue weighted by Gasteiger charge is 2.28. The predicted molar refractivity (Wildman–Crippen MR) is 119 cm³/mol. The van der Waals surface area contributed by atoms with Gasteiger partial charge >= 0.3 is 0 Å². The molecule has 0 aromatic heterocycles. The maximum Gasteiger partial charge on any atom is 0.242 e. The summed E-state index contributed by atoms with van der Waals surface area (Å²) in [6.45, 7) is 9.02. The Balaban J connectivity index is 2.24. The van der Waals surface area contributed by atoms with Crippen LogP contribution in [0.25, 0.3) is 0 Å². The lowest BCUT2D eigenvalue weighted by molar-refractivity contribution is -0.141. The fourth-order valence-corrected chi connectivity index (χ4v) is 3.24. The molecule has 0 radical (unpaired) electrons. The summed E-state index contributed by atoms with van der Waals surface area (Å²) in [6, 6.07) is 14.8. The second-order valence-electron chi connectivity index (χ2n) is 7.87. The van der Waals surface area contributed by atoms with Gasteiger partial charge in [-0.3, -0.25) is 9.59 Å². The predicted octanol–water partition coefficient (Wildman–Crippen LogP) is 4.77. The normalized spacial score (nSPS) is 11.9. The van der Waals surface area contributed by atoms with E-state index in [9.17, 15) is 9.59 Å². The van der Waals surface area contributed by atoms with E-state index in [-0.39, 0.29) is 18.2 Å². The quantitative estimate of drug-likeness (QED) is 0.642. The Hall–Kier alpha value is -2.33. The molecule has 5 heteroatoms. The van der Waals surface area contributed by atoms with Crippen molar-refractivity contribution in [2.45, 2.75) is 53.1 Å². The van der Waals surface area contributed by atoms with E-state index in [1.807, 2.05) is 50.2 Å². The van der Waals surface area contributed by atoms with Crippen molar-refractivity contribution in [2.24, 2.45) is 5.92 Å². The van der Waals surface area contributed by atoms with Gasteiger partial charge in [-0.25, -0.2) is 0 Å². The molecule has 0 aliphatic rings. The fourth-order valence-electron chi connectivity index (χ4n) is 3.11. The molecule has 2 aromatic rings. The monoisotopic (exact) mass is 414 g/mol. The molecule has 1 atom stereocenters. The van der Waals surface area contributed by atoms with Crippen LogP contribution in [0.3, 0.4) is 0 Å². The smallest absolute Gasteiger partial charge is 0.242 e. The molecule has 0 aliphatic carbocycles. The van der Waals surface area contributed by atoms with Crippen molar-refractivity contribution in [2.75, 3.05) is 6.54 Å². The molecule has 0 saturated carbocycles. The summed E-state index contributed by atoms with van der Waals surface area (Å²) in [4.78, 5) is 27.8. The number of amides is 2. The van der Waals surface area contributed by atoms with E-state index in [1.165, 1.54) is 0 Å².